The van der Waals surface area contributed by atoms with Gasteiger partial charge in [0.15, 0.2) is 0 Å². The number of hydrogen-bond donors (Lipinski definition) is 0. The molecule has 0 aliphatic carbocycles. The molecule has 4 rings (SSSR count). The molecule has 1 saturated heterocycles. The molecule has 1 aliphatic rings. The molecule has 3 aromatic rings. The summed E-state index contributed by atoms with van der Waals surface area (Å²) in [6, 6.07) is 13.7. The maximum Gasteiger partial charge on any atom is 0.264 e. The van der Waals surface area contributed by atoms with Gasteiger partial charge in [0.05, 0.1) is 23.7 Å². The van der Waals surface area contributed by atoms with Gasteiger partial charge in [-0.25, -0.2) is 21.6 Å². The quantitative estimate of drug-likeness (QED) is 0.281. The van der Waals surface area contributed by atoms with E-state index in [0.29, 0.717) is 17.9 Å². The zero-order chi connectivity index (χ0) is 25.5. The fourth-order valence-electron chi connectivity index (χ4n) is 4.29. The molecule has 1 aliphatic heterocycles. The van der Waals surface area contributed by atoms with E-state index < -0.39 is 33.2 Å². The first-order valence-electron chi connectivity index (χ1n) is 12.0. The second-order valence-corrected chi connectivity index (χ2v) is 10.6. The smallest absolute Gasteiger partial charge is 0.264 e. The number of rotatable bonds is 10. The normalized spacial score (nSPS) is 14.1. The van der Waals surface area contributed by atoms with Gasteiger partial charge in [0.2, 0.25) is 0 Å². The lowest BCUT2D eigenvalue weighted by atomic mass is 10.1. The lowest BCUT2D eigenvalue weighted by Crippen LogP contribution is -2.32. The Hall–Kier alpha value is -2.75. The van der Waals surface area contributed by atoms with Crippen molar-refractivity contribution in [2.45, 2.75) is 37.1 Å². The Balaban J connectivity index is 0.00000380. The maximum atomic E-state index is 14.8. The largest absolute Gasteiger partial charge is 0.493 e. The summed E-state index contributed by atoms with van der Waals surface area (Å²) in [5, 5.41) is 0. The van der Waals surface area contributed by atoms with Gasteiger partial charge in [0.25, 0.3) is 10.0 Å². The molecule has 0 aromatic heterocycles. The number of benzene rings is 3. The molecule has 1 fully saturated rings. The summed E-state index contributed by atoms with van der Waals surface area (Å²) in [6.45, 7) is 3.23. The average Bonchev–Trinajstić information content (AvgIpc) is 2.88. The van der Waals surface area contributed by atoms with Gasteiger partial charge in [-0.2, -0.15) is 0 Å². The Labute approximate surface area is 222 Å². The van der Waals surface area contributed by atoms with Crippen LogP contribution in [-0.4, -0.2) is 39.6 Å². The molecule has 0 saturated carbocycles. The van der Waals surface area contributed by atoms with Crippen LogP contribution >= 0.6 is 12.4 Å². The molecule has 10 heteroatoms. The van der Waals surface area contributed by atoms with Crippen molar-refractivity contribution < 1.29 is 26.3 Å². The van der Waals surface area contributed by atoms with E-state index in [2.05, 4.69) is 4.90 Å². The van der Waals surface area contributed by atoms with Crippen molar-refractivity contribution in [3.63, 3.8) is 0 Å². The molecule has 0 atom stereocenters. The molecule has 5 nitrogen and oxygen atoms in total. The zero-order valence-electron chi connectivity index (χ0n) is 20.3. The van der Waals surface area contributed by atoms with Crippen molar-refractivity contribution in [1.82, 2.24) is 4.90 Å². The molecule has 0 N–H and O–H groups in total. The van der Waals surface area contributed by atoms with Gasteiger partial charge in [-0.05, 0) is 74.8 Å². The van der Waals surface area contributed by atoms with E-state index in [4.69, 9.17) is 4.74 Å². The summed E-state index contributed by atoms with van der Waals surface area (Å²) in [7, 11) is -4.37. The molecule has 3 aromatic carbocycles. The predicted molar refractivity (Wildman–Crippen MR) is 140 cm³/mol. The molecule has 0 radical (unpaired) electrons. The molecular formula is C27H30ClF3N2O3S. The number of piperidine rings is 1. The Bertz CT molecular complexity index is 1270. The zero-order valence-corrected chi connectivity index (χ0v) is 21.9. The Kier molecular flexibility index (Phi) is 10.3. The molecule has 0 bridgehead atoms. The van der Waals surface area contributed by atoms with Crippen LogP contribution in [0.25, 0.3) is 0 Å². The van der Waals surface area contributed by atoms with E-state index in [1.807, 2.05) is 0 Å². The van der Waals surface area contributed by atoms with Gasteiger partial charge in [-0.15, -0.1) is 12.4 Å². The van der Waals surface area contributed by atoms with Crippen LogP contribution in [0.1, 0.15) is 31.2 Å². The monoisotopic (exact) mass is 554 g/mol. The van der Waals surface area contributed by atoms with E-state index in [1.165, 1.54) is 19.3 Å². The summed E-state index contributed by atoms with van der Waals surface area (Å²) < 4.78 is 76.1. The van der Waals surface area contributed by atoms with Gasteiger partial charge in [-0.1, -0.05) is 24.6 Å². The second-order valence-electron chi connectivity index (χ2n) is 8.77. The van der Waals surface area contributed by atoms with Crippen LogP contribution in [-0.2, 0) is 16.6 Å². The van der Waals surface area contributed by atoms with Crippen molar-refractivity contribution >= 4 is 28.1 Å². The van der Waals surface area contributed by atoms with Gasteiger partial charge in [-0.3, -0.25) is 4.31 Å². The molecular weight excluding hydrogens is 525 g/mol. The van der Waals surface area contributed by atoms with Crippen molar-refractivity contribution in [2.75, 3.05) is 30.5 Å². The first-order chi connectivity index (χ1) is 17.3. The Morgan fingerprint density at radius 2 is 1.54 bits per heavy atom. The average molecular weight is 555 g/mol. The first kappa shape index (κ1) is 28.8. The number of nitrogens with zero attached hydrogens (tertiary/aromatic N) is 2. The SMILES string of the molecule is Cl.O=S(=O)(c1ccc(F)cc1)N(Cc1ccccc1OCCCN1CCCCC1)c1cc(F)ccc1F. The third-order valence-electron chi connectivity index (χ3n) is 6.19. The lowest BCUT2D eigenvalue weighted by molar-refractivity contribution is 0.204. The number of para-hydroxylation sites is 1. The number of halogens is 4. The van der Waals surface area contributed by atoms with Gasteiger partial charge in [0.1, 0.15) is 23.2 Å². The maximum absolute atomic E-state index is 14.8. The van der Waals surface area contributed by atoms with E-state index in [9.17, 15) is 21.6 Å². The number of hydrogen-bond acceptors (Lipinski definition) is 4. The first-order valence-corrected chi connectivity index (χ1v) is 13.4. The fourth-order valence-corrected chi connectivity index (χ4v) is 5.74. The topological polar surface area (TPSA) is 49.9 Å². The van der Waals surface area contributed by atoms with Crippen molar-refractivity contribution in [3.05, 3.63) is 89.7 Å². The molecule has 200 valence electrons. The highest BCUT2D eigenvalue weighted by Gasteiger charge is 2.29. The lowest BCUT2D eigenvalue weighted by Gasteiger charge is -2.27. The molecule has 1 heterocycles. The van der Waals surface area contributed by atoms with Crippen LogP contribution in [0.5, 0.6) is 5.75 Å². The molecule has 0 amide bonds. The van der Waals surface area contributed by atoms with Gasteiger partial charge >= 0.3 is 0 Å². The van der Waals surface area contributed by atoms with Gasteiger partial charge < -0.3 is 9.64 Å². The van der Waals surface area contributed by atoms with Crippen molar-refractivity contribution in [2.24, 2.45) is 0 Å². The van der Waals surface area contributed by atoms with Crippen LogP contribution in [0.3, 0.4) is 0 Å². The highest BCUT2D eigenvalue weighted by Crippen LogP contribution is 2.31. The second kappa shape index (κ2) is 13.2. The summed E-state index contributed by atoms with van der Waals surface area (Å²) in [5.41, 5.74) is 0.0454. The minimum atomic E-state index is -4.37. The minimum absolute atomic E-state index is 0. The standard InChI is InChI=1S/C27H29F3N2O3S.ClH/c28-22-9-12-24(13-10-22)36(33,34)32(26-19-23(29)11-14-25(26)30)20-21-7-2-3-8-27(21)35-18-6-17-31-15-4-1-5-16-31;/h2-3,7-14,19H,1,4-6,15-18,20H2;1H. The summed E-state index contributed by atoms with van der Waals surface area (Å²) in [6.07, 6.45) is 4.49. The van der Waals surface area contributed by atoms with E-state index in [0.717, 1.165) is 72.8 Å². The highest BCUT2D eigenvalue weighted by atomic mass is 35.5. The number of sulfonamides is 1. The number of ether oxygens (including phenoxy) is 1. The van der Waals surface area contributed by atoms with Crippen LogP contribution in [0.2, 0.25) is 0 Å². The van der Waals surface area contributed by atoms with Crippen molar-refractivity contribution in [1.29, 1.82) is 0 Å². The van der Waals surface area contributed by atoms with Crippen LogP contribution in [0, 0.1) is 17.5 Å². The van der Waals surface area contributed by atoms with E-state index >= 15 is 0 Å². The summed E-state index contributed by atoms with van der Waals surface area (Å²) in [5.74, 6) is -1.83. The van der Waals surface area contributed by atoms with Crippen LogP contribution in [0.15, 0.2) is 71.6 Å². The molecule has 0 spiro atoms. The fraction of sp³-hybridized carbons (Fsp3) is 0.333. The minimum Gasteiger partial charge on any atom is -0.493 e. The number of likely N-dealkylation sites (tertiary alicyclic amines) is 1. The Morgan fingerprint density at radius 3 is 2.27 bits per heavy atom. The predicted octanol–water partition coefficient (Wildman–Crippen LogP) is 6.18. The molecule has 37 heavy (non-hydrogen) atoms. The van der Waals surface area contributed by atoms with Crippen LogP contribution in [0.4, 0.5) is 18.9 Å². The van der Waals surface area contributed by atoms with E-state index in [1.54, 1.807) is 24.3 Å². The molecule has 0 unspecified atom stereocenters. The summed E-state index contributed by atoms with van der Waals surface area (Å²) in [4.78, 5) is 2.16. The third kappa shape index (κ3) is 7.40. The van der Waals surface area contributed by atoms with E-state index in [-0.39, 0.29) is 23.8 Å². The highest BCUT2D eigenvalue weighted by molar-refractivity contribution is 7.92. The number of anilines is 1. The third-order valence-corrected chi connectivity index (χ3v) is 7.96. The summed E-state index contributed by atoms with van der Waals surface area (Å²) >= 11 is 0. The van der Waals surface area contributed by atoms with Crippen molar-refractivity contribution in [3.8, 4) is 5.75 Å². The van der Waals surface area contributed by atoms with Crippen LogP contribution < -0.4 is 9.04 Å². The van der Waals surface area contributed by atoms with Gasteiger partial charge in [0, 0.05) is 18.2 Å². The Morgan fingerprint density at radius 1 is 0.865 bits per heavy atom.